The molecule has 7 heteroatoms. The van der Waals surface area contributed by atoms with Crippen molar-refractivity contribution >= 4 is 24.5 Å². The Morgan fingerprint density at radius 3 is 2.84 bits per heavy atom. The van der Waals surface area contributed by atoms with Crippen molar-refractivity contribution in [3.8, 4) is 0 Å². The maximum atomic E-state index is 11.7. The first-order valence-electron chi connectivity index (χ1n) is 6.13. The van der Waals surface area contributed by atoms with Crippen LogP contribution in [0.15, 0.2) is 12.3 Å². The van der Waals surface area contributed by atoms with Gasteiger partial charge in [-0.2, -0.15) is 17.7 Å². The third-order valence-electron chi connectivity index (χ3n) is 2.57. The average Bonchev–Trinajstić information content (AvgIpc) is 2.79. The van der Waals surface area contributed by atoms with Crippen molar-refractivity contribution in [2.75, 3.05) is 12.4 Å². The molecule has 1 N–H and O–H groups in total. The summed E-state index contributed by atoms with van der Waals surface area (Å²) in [7, 11) is 0. The molecule has 0 saturated heterocycles. The maximum absolute atomic E-state index is 11.7. The molecule has 0 aliphatic carbocycles. The van der Waals surface area contributed by atoms with E-state index in [-0.39, 0.29) is 24.7 Å². The number of ether oxygens (including phenoxy) is 1. The summed E-state index contributed by atoms with van der Waals surface area (Å²) < 4.78 is 6.58. The number of amides is 1. The molecule has 1 amide bonds. The number of carbonyl (C=O) groups excluding carboxylic acids is 2. The number of nitrogens with zero attached hydrogens (tertiary/aromatic N) is 2. The number of rotatable bonds is 7. The first kappa shape index (κ1) is 15.6. The maximum Gasteiger partial charge on any atom is 0.329 e. The fraction of sp³-hybridized carbons (Fsp3) is 0.583. The minimum Gasteiger partial charge on any atom is -0.464 e. The Bertz CT molecular complexity index is 434. The van der Waals surface area contributed by atoms with Crippen LogP contribution in [0.2, 0.25) is 0 Å². The highest BCUT2D eigenvalue weighted by molar-refractivity contribution is 7.80. The first-order chi connectivity index (χ1) is 9.08. The van der Waals surface area contributed by atoms with E-state index in [4.69, 9.17) is 4.74 Å². The number of nitrogens with one attached hydrogen (secondary N) is 1. The second-order valence-corrected chi connectivity index (χ2v) is 4.37. The van der Waals surface area contributed by atoms with E-state index >= 15 is 0 Å². The molecule has 106 valence electrons. The smallest absolute Gasteiger partial charge is 0.329 e. The van der Waals surface area contributed by atoms with Gasteiger partial charge in [-0.05, 0) is 19.9 Å². The molecular formula is C12H19N3O3S. The predicted molar refractivity (Wildman–Crippen MR) is 74.0 cm³/mol. The van der Waals surface area contributed by atoms with E-state index in [0.29, 0.717) is 6.54 Å². The van der Waals surface area contributed by atoms with Crippen LogP contribution in [0.4, 0.5) is 0 Å². The van der Waals surface area contributed by atoms with E-state index in [9.17, 15) is 9.59 Å². The van der Waals surface area contributed by atoms with Crippen LogP contribution in [0.1, 0.15) is 19.0 Å². The largest absolute Gasteiger partial charge is 0.464 e. The number of carbonyl (C=O) groups is 2. The molecule has 0 fully saturated rings. The summed E-state index contributed by atoms with van der Waals surface area (Å²) in [6.45, 7) is 4.40. The molecule has 1 heterocycles. The standard InChI is InChI=1S/C12H19N3O3S/c1-3-18-12(17)10(8-19)14-11(16)5-7-15-9(2)4-6-13-15/h4,6,10,19H,3,5,7-8H2,1-2H3,(H,14,16)/t10-/m0/s1. The Balaban J connectivity index is 2.41. The highest BCUT2D eigenvalue weighted by atomic mass is 32.1. The minimum absolute atomic E-state index is 0.214. The molecule has 0 saturated carbocycles. The monoisotopic (exact) mass is 285 g/mol. The van der Waals surface area contributed by atoms with Gasteiger partial charge in [0, 0.05) is 30.6 Å². The van der Waals surface area contributed by atoms with Crippen LogP contribution in [0, 0.1) is 6.92 Å². The normalized spacial score (nSPS) is 11.9. The zero-order valence-electron chi connectivity index (χ0n) is 11.1. The molecule has 1 aromatic rings. The van der Waals surface area contributed by atoms with E-state index in [0.717, 1.165) is 5.69 Å². The summed E-state index contributed by atoms with van der Waals surface area (Å²) >= 11 is 4.03. The van der Waals surface area contributed by atoms with Crippen LogP contribution >= 0.6 is 12.6 Å². The molecule has 0 aromatic carbocycles. The molecule has 0 unspecified atom stereocenters. The van der Waals surface area contributed by atoms with Crippen LogP contribution in [0.25, 0.3) is 0 Å². The van der Waals surface area contributed by atoms with Crippen molar-refractivity contribution < 1.29 is 14.3 Å². The Labute approximate surface area is 117 Å². The highest BCUT2D eigenvalue weighted by Crippen LogP contribution is 1.99. The Morgan fingerprint density at radius 1 is 1.58 bits per heavy atom. The third-order valence-corrected chi connectivity index (χ3v) is 2.93. The molecule has 0 spiro atoms. The number of hydrogen-bond donors (Lipinski definition) is 2. The third kappa shape index (κ3) is 4.94. The van der Waals surface area contributed by atoms with E-state index < -0.39 is 12.0 Å². The Kier molecular flexibility index (Phi) is 6.41. The first-order valence-corrected chi connectivity index (χ1v) is 6.77. The fourth-order valence-electron chi connectivity index (χ4n) is 1.53. The van der Waals surface area contributed by atoms with Gasteiger partial charge in [0.15, 0.2) is 0 Å². The zero-order chi connectivity index (χ0) is 14.3. The summed E-state index contributed by atoms with van der Waals surface area (Å²) in [5.74, 6) is -0.464. The highest BCUT2D eigenvalue weighted by Gasteiger charge is 2.20. The summed E-state index contributed by atoms with van der Waals surface area (Å²) in [5.41, 5.74) is 0.990. The second-order valence-electron chi connectivity index (χ2n) is 4.00. The van der Waals surface area contributed by atoms with Gasteiger partial charge in [-0.3, -0.25) is 9.48 Å². The van der Waals surface area contributed by atoms with Crippen molar-refractivity contribution in [3.63, 3.8) is 0 Å². The van der Waals surface area contributed by atoms with Gasteiger partial charge >= 0.3 is 5.97 Å². The molecule has 0 aliphatic rings. The summed E-state index contributed by atoms with van der Waals surface area (Å²) in [6.07, 6.45) is 1.94. The second kappa shape index (κ2) is 7.83. The van der Waals surface area contributed by atoms with Crippen molar-refractivity contribution in [2.45, 2.75) is 32.9 Å². The van der Waals surface area contributed by atoms with Crippen molar-refractivity contribution in [2.24, 2.45) is 0 Å². The molecule has 6 nitrogen and oxygen atoms in total. The lowest BCUT2D eigenvalue weighted by molar-refractivity contribution is -0.146. The van der Waals surface area contributed by atoms with Crippen molar-refractivity contribution in [1.29, 1.82) is 0 Å². The van der Waals surface area contributed by atoms with Gasteiger partial charge in [0.05, 0.1) is 6.61 Å². The Morgan fingerprint density at radius 2 is 2.32 bits per heavy atom. The number of aromatic nitrogens is 2. The minimum atomic E-state index is -0.700. The van der Waals surface area contributed by atoms with E-state index in [1.807, 2.05) is 13.0 Å². The van der Waals surface area contributed by atoms with Crippen LogP contribution in [-0.2, 0) is 20.9 Å². The van der Waals surface area contributed by atoms with E-state index in [1.165, 1.54) is 0 Å². The van der Waals surface area contributed by atoms with Gasteiger partial charge in [0.2, 0.25) is 5.91 Å². The zero-order valence-corrected chi connectivity index (χ0v) is 12.0. The van der Waals surface area contributed by atoms with E-state index in [1.54, 1.807) is 17.8 Å². The topological polar surface area (TPSA) is 73.2 Å². The summed E-state index contributed by atoms with van der Waals surface area (Å²) in [6, 6.07) is 1.17. The molecule has 0 aliphatic heterocycles. The predicted octanol–water partition coefficient (Wildman–Crippen LogP) is 0.559. The van der Waals surface area contributed by atoms with E-state index in [2.05, 4.69) is 23.0 Å². The molecule has 19 heavy (non-hydrogen) atoms. The van der Waals surface area contributed by atoms with Crippen molar-refractivity contribution in [3.05, 3.63) is 18.0 Å². The number of hydrogen-bond acceptors (Lipinski definition) is 5. The lowest BCUT2D eigenvalue weighted by Gasteiger charge is -2.15. The number of thiol groups is 1. The van der Waals surface area contributed by atoms with Gasteiger partial charge in [-0.25, -0.2) is 4.79 Å². The molecule has 0 radical (unpaired) electrons. The molecule has 1 aromatic heterocycles. The quantitative estimate of drug-likeness (QED) is 0.567. The number of esters is 1. The van der Waals surface area contributed by atoms with Gasteiger partial charge in [0.1, 0.15) is 6.04 Å². The van der Waals surface area contributed by atoms with Gasteiger partial charge in [0.25, 0.3) is 0 Å². The van der Waals surface area contributed by atoms with Crippen LogP contribution in [0.3, 0.4) is 0 Å². The van der Waals surface area contributed by atoms with Crippen LogP contribution in [0.5, 0.6) is 0 Å². The van der Waals surface area contributed by atoms with Crippen LogP contribution < -0.4 is 5.32 Å². The lowest BCUT2D eigenvalue weighted by Crippen LogP contribution is -2.43. The van der Waals surface area contributed by atoms with Gasteiger partial charge in [-0.15, -0.1) is 0 Å². The lowest BCUT2D eigenvalue weighted by atomic mass is 10.3. The Hall–Kier alpha value is -1.50. The van der Waals surface area contributed by atoms with Gasteiger partial charge in [-0.1, -0.05) is 0 Å². The molecule has 0 bridgehead atoms. The SMILES string of the molecule is CCOC(=O)[C@H](CS)NC(=O)CCn1nccc1C. The summed E-state index contributed by atoms with van der Waals surface area (Å²) in [4.78, 5) is 23.2. The summed E-state index contributed by atoms with van der Waals surface area (Å²) in [5, 5.41) is 6.68. The van der Waals surface area contributed by atoms with Gasteiger partial charge < -0.3 is 10.1 Å². The van der Waals surface area contributed by atoms with Crippen molar-refractivity contribution in [1.82, 2.24) is 15.1 Å². The molecular weight excluding hydrogens is 266 g/mol. The average molecular weight is 285 g/mol. The molecule has 1 atom stereocenters. The fourth-order valence-corrected chi connectivity index (χ4v) is 1.77. The molecule has 1 rings (SSSR count). The number of aryl methyl sites for hydroxylation is 2. The van der Waals surface area contributed by atoms with Crippen LogP contribution in [-0.4, -0.2) is 40.1 Å².